The Labute approximate surface area is 143 Å². The van der Waals surface area contributed by atoms with Crippen LogP contribution in [0.1, 0.15) is 43.9 Å². The predicted octanol–water partition coefficient (Wildman–Crippen LogP) is 4.46. The average molecular weight is 325 g/mol. The van der Waals surface area contributed by atoms with E-state index in [4.69, 9.17) is 0 Å². The van der Waals surface area contributed by atoms with Gasteiger partial charge in [0.05, 0.1) is 5.69 Å². The number of nitrogens with one attached hydrogen (secondary N) is 2. The van der Waals surface area contributed by atoms with Gasteiger partial charge in [-0.25, -0.2) is 4.39 Å². The minimum atomic E-state index is -0.234. The Bertz CT molecular complexity index is 737. The lowest BCUT2D eigenvalue weighted by Crippen LogP contribution is -2.20. The lowest BCUT2D eigenvalue weighted by molar-refractivity contribution is 0.568. The second-order valence-corrected chi connectivity index (χ2v) is 6.47. The van der Waals surface area contributed by atoms with Gasteiger partial charge >= 0.3 is 0 Å². The summed E-state index contributed by atoms with van der Waals surface area (Å²) in [5.41, 5.74) is 4.39. The van der Waals surface area contributed by atoms with Crippen LogP contribution >= 0.6 is 0 Å². The monoisotopic (exact) mass is 325 g/mol. The third kappa shape index (κ3) is 3.58. The molecule has 0 saturated carbocycles. The van der Waals surface area contributed by atoms with Crippen molar-refractivity contribution in [3.05, 3.63) is 65.4 Å². The third-order valence-corrected chi connectivity index (χ3v) is 4.53. The highest BCUT2D eigenvalue weighted by Gasteiger charge is 2.17. The zero-order valence-corrected chi connectivity index (χ0v) is 14.4. The van der Waals surface area contributed by atoms with Crippen LogP contribution in [0, 0.1) is 12.7 Å². The first-order valence-corrected chi connectivity index (χ1v) is 8.51. The SMILES string of the molecule is CCC1CC(NC(C)c2ccc(-c3ccc(C)cn3)c(F)c2)=CN1. The standard InChI is InChI=1S/C20H24FN3/c1-4-16-10-17(12-22-16)24-14(3)15-6-7-18(19(21)9-15)20-8-5-13(2)11-23-20/h5-9,11-12,14,16,22,24H,4,10H2,1-3H3. The van der Waals surface area contributed by atoms with Crippen molar-refractivity contribution in [2.45, 2.75) is 45.7 Å². The first-order chi connectivity index (χ1) is 11.6. The van der Waals surface area contributed by atoms with E-state index in [2.05, 4.69) is 29.5 Å². The highest BCUT2D eigenvalue weighted by Crippen LogP contribution is 2.25. The number of aromatic nitrogens is 1. The number of hydrogen-bond donors (Lipinski definition) is 2. The Morgan fingerprint density at radius 1 is 1.33 bits per heavy atom. The molecular formula is C20H24FN3. The molecule has 0 bridgehead atoms. The maximum absolute atomic E-state index is 14.5. The number of hydrogen-bond acceptors (Lipinski definition) is 3. The molecule has 0 radical (unpaired) electrons. The molecule has 0 saturated heterocycles. The molecule has 3 nitrogen and oxygen atoms in total. The molecule has 0 amide bonds. The molecule has 3 rings (SSSR count). The molecule has 1 aromatic carbocycles. The average Bonchev–Trinajstić information content (AvgIpc) is 3.03. The van der Waals surface area contributed by atoms with Crippen molar-refractivity contribution >= 4 is 0 Å². The van der Waals surface area contributed by atoms with Gasteiger partial charge in [0.1, 0.15) is 5.82 Å². The topological polar surface area (TPSA) is 37.0 Å². The maximum Gasteiger partial charge on any atom is 0.132 e. The molecular weight excluding hydrogens is 301 g/mol. The first-order valence-electron chi connectivity index (χ1n) is 8.51. The summed E-state index contributed by atoms with van der Waals surface area (Å²) in [5, 5.41) is 6.82. The van der Waals surface area contributed by atoms with E-state index in [0.717, 1.165) is 24.0 Å². The largest absolute Gasteiger partial charge is 0.386 e. The lowest BCUT2D eigenvalue weighted by atomic mass is 10.0. The third-order valence-electron chi connectivity index (χ3n) is 4.53. The van der Waals surface area contributed by atoms with Crippen LogP contribution in [0.4, 0.5) is 4.39 Å². The van der Waals surface area contributed by atoms with Crippen molar-refractivity contribution in [1.29, 1.82) is 0 Å². The van der Waals surface area contributed by atoms with Crippen molar-refractivity contribution in [2.75, 3.05) is 0 Å². The van der Waals surface area contributed by atoms with Gasteiger partial charge in [0.15, 0.2) is 0 Å². The van der Waals surface area contributed by atoms with Crippen molar-refractivity contribution in [3.63, 3.8) is 0 Å². The molecule has 1 aliphatic rings. The van der Waals surface area contributed by atoms with Gasteiger partial charge in [-0.05, 0) is 49.6 Å². The molecule has 126 valence electrons. The fourth-order valence-corrected chi connectivity index (χ4v) is 2.96. The minimum absolute atomic E-state index is 0.0585. The van der Waals surface area contributed by atoms with E-state index in [9.17, 15) is 4.39 Å². The van der Waals surface area contributed by atoms with Gasteiger partial charge < -0.3 is 10.6 Å². The molecule has 2 aromatic rings. The molecule has 1 aliphatic heterocycles. The quantitative estimate of drug-likeness (QED) is 0.852. The molecule has 0 spiro atoms. The summed E-state index contributed by atoms with van der Waals surface area (Å²) in [6.07, 6.45) is 5.89. The molecule has 2 N–H and O–H groups in total. The Hall–Kier alpha value is -2.36. The molecule has 2 atom stereocenters. The Morgan fingerprint density at radius 2 is 2.17 bits per heavy atom. The Kier molecular flexibility index (Phi) is 4.84. The molecule has 0 aliphatic carbocycles. The fraction of sp³-hybridized carbons (Fsp3) is 0.350. The summed E-state index contributed by atoms with van der Waals surface area (Å²) in [4.78, 5) is 4.31. The van der Waals surface area contributed by atoms with E-state index >= 15 is 0 Å². The van der Waals surface area contributed by atoms with Gasteiger partial charge in [-0.2, -0.15) is 0 Å². The second kappa shape index (κ2) is 7.04. The van der Waals surface area contributed by atoms with Crippen LogP contribution in [0.2, 0.25) is 0 Å². The Balaban J connectivity index is 1.73. The van der Waals surface area contributed by atoms with E-state index in [1.165, 1.54) is 5.70 Å². The van der Waals surface area contributed by atoms with E-state index < -0.39 is 0 Å². The summed E-state index contributed by atoms with van der Waals surface area (Å²) >= 11 is 0. The van der Waals surface area contributed by atoms with Gasteiger partial charge in [-0.15, -0.1) is 0 Å². The number of benzene rings is 1. The number of nitrogens with zero attached hydrogens (tertiary/aromatic N) is 1. The number of pyridine rings is 1. The van der Waals surface area contributed by atoms with E-state index in [0.29, 0.717) is 17.3 Å². The van der Waals surface area contributed by atoms with E-state index in [-0.39, 0.29) is 11.9 Å². The van der Waals surface area contributed by atoms with Crippen molar-refractivity contribution in [3.8, 4) is 11.3 Å². The van der Waals surface area contributed by atoms with Crippen LogP contribution in [-0.2, 0) is 0 Å². The smallest absolute Gasteiger partial charge is 0.132 e. The molecule has 1 aromatic heterocycles. The molecule has 2 unspecified atom stereocenters. The minimum Gasteiger partial charge on any atom is -0.386 e. The highest BCUT2D eigenvalue weighted by molar-refractivity contribution is 5.60. The van der Waals surface area contributed by atoms with Crippen LogP contribution in [0.3, 0.4) is 0 Å². The summed E-state index contributed by atoms with van der Waals surface area (Å²) in [6, 6.07) is 9.76. The predicted molar refractivity (Wildman–Crippen MR) is 95.8 cm³/mol. The van der Waals surface area contributed by atoms with Crippen LogP contribution in [-0.4, -0.2) is 11.0 Å². The zero-order valence-electron chi connectivity index (χ0n) is 14.4. The molecule has 24 heavy (non-hydrogen) atoms. The number of rotatable bonds is 5. The normalized spacial score (nSPS) is 18.0. The number of aryl methyl sites for hydroxylation is 1. The first kappa shape index (κ1) is 16.5. The van der Waals surface area contributed by atoms with Crippen LogP contribution in [0.25, 0.3) is 11.3 Å². The lowest BCUT2D eigenvalue weighted by Gasteiger charge is -2.17. The van der Waals surface area contributed by atoms with Crippen molar-refractivity contribution < 1.29 is 4.39 Å². The second-order valence-electron chi connectivity index (χ2n) is 6.47. The van der Waals surface area contributed by atoms with Crippen LogP contribution in [0.15, 0.2) is 48.4 Å². The molecule has 4 heteroatoms. The summed E-state index contributed by atoms with van der Waals surface area (Å²) in [6.45, 7) is 6.20. The van der Waals surface area contributed by atoms with Crippen LogP contribution < -0.4 is 10.6 Å². The van der Waals surface area contributed by atoms with Crippen molar-refractivity contribution in [2.24, 2.45) is 0 Å². The summed E-state index contributed by atoms with van der Waals surface area (Å²) in [5.74, 6) is -0.234. The van der Waals surface area contributed by atoms with Gasteiger partial charge in [0.2, 0.25) is 0 Å². The number of halogens is 1. The molecule has 2 heterocycles. The molecule has 0 fully saturated rings. The van der Waals surface area contributed by atoms with Crippen molar-refractivity contribution in [1.82, 2.24) is 15.6 Å². The van der Waals surface area contributed by atoms with Gasteiger partial charge in [-0.3, -0.25) is 4.98 Å². The van der Waals surface area contributed by atoms with E-state index in [1.54, 1.807) is 12.3 Å². The Morgan fingerprint density at radius 3 is 2.79 bits per heavy atom. The maximum atomic E-state index is 14.5. The van der Waals surface area contributed by atoms with Gasteiger partial charge in [0, 0.05) is 42.2 Å². The summed E-state index contributed by atoms with van der Waals surface area (Å²) < 4.78 is 14.5. The highest BCUT2D eigenvalue weighted by atomic mass is 19.1. The van der Waals surface area contributed by atoms with Crippen LogP contribution in [0.5, 0.6) is 0 Å². The zero-order chi connectivity index (χ0) is 17.1. The van der Waals surface area contributed by atoms with E-state index in [1.807, 2.05) is 37.4 Å². The van der Waals surface area contributed by atoms with Gasteiger partial charge in [-0.1, -0.05) is 19.1 Å². The van der Waals surface area contributed by atoms with Gasteiger partial charge in [0.25, 0.3) is 0 Å². The fourth-order valence-electron chi connectivity index (χ4n) is 2.96. The summed E-state index contributed by atoms with van der Waals surface area (Å²) in [7, 11) is 0.